The molecule has 0 saturated carbocycles. The summed E-state index contributed by atoms with van der Waals surface area (Å²) >= 11 is 0. The van der Waals surface area contributed by atoms with Gasteiger partial charge in [-0.15, -0.1) is 12.4 Å². The van der Waals surface area contributed by atoms with Crippen LogP contribution in [0.2, 0.25) is 0 Å². The quantitative estimate of drug-likeness (QED) is 0.878. The molecule has 2 heterocycles. The molecule has 134 valence electrons. The van der Waals surface area contributed by atoms with Crippen LogP contribution in [-0.2, 0) is 11.2 Å². The second kappa shape index (κ2) is 9.43. The third kappa shape index (κ3) is 4.97. The summed E-state index contributed by atoms with van der Waals surface area (Å²) in [5.41, 5.74) is 1.35. The van der Waals surface area contributed by atoms with E-state index >= 15 is 0 Å². The second-order valence-corrected chi connectivity index (χ2v) is 7.36. The van der Waals surface area contributed by atoms with Crippen molar-refractivity contribution >= 4 is 18.3 Å². The van der Waals surface area contributed by atoms with Crippen molar-refractivity contribution in [2.75, 3.05) is 19.6 Å². The highest BCUT2D eigenvalue weighted by molar-refractivity contribution is 5.85. The summed E-state index contributed by atoms with van der Waals surface area (Å²) in [7, 11) is 0. The number of amides is 1. The topological polar surface area (TPSA) is 32.3 Å². The Labute approximate surface area is 152 Å². The number of rotatable bonds is 5. The van der Waals surface area contributed by atoms with Crippen molar-refractivity contribution in [3.63, 3.8) is 0 Å². The van der Waals surface area contributed by atoms with Crippen LogP contribution in [0.1, 0.15) is 44.6 Å². The summed E-state index contributed by atoms with van der Waals surface area (Å²) in [6.07, 6.45) is 6.56. The van der Waals surface area contributed by atoms with Crippen LogP contribution in [0.5, 0.6) is 0 Å². The largest absolute Gasteiger partial charge is 0.339 e. The monoisotopic (exact) mass is 350 g/mol. The van der Waals surface area contributed by atoms with Crippen LogP contribution in [-0.4, -0.2) is 36.5 Å². The third-order valence-electron chi connectivity index (χ3n) is 5.65. The van der Waals surface area contributed by atoms with E-state index in [1.54, 1.807) is 0 Å². The van der Waals surface area contributed by atoms with Crippen molar-refractivity contribution in [1.82, 2.24) is 10.2 Å². The van der Waals surface area contributed by atoms with Crippen molar-refractivity contribution in [1.29, 1.82) is 0 Å². The molecule has 1 N–H and O–H groups in total. The Morgan fingerprint density at radius 2 is 2.04 bits per heavy atom. The average molecular weight is 351 g/mol. The lowest BCUT2D eigenvalue weighted by molar-refractivity contribution is -0.133. The maximum atomic E-state index is 12.8. The highest BCUT2D eigenvalue weighted by atomic mass is 35.5. The van der Waals surface area contributed by atoms with E-state index in [9.17, 15) is 4.79 Å². The molecule has 2 aliphatic heterocycles. The molecular weight excluding hydrogens is 320 g/mol. The number of nitrogens with zero attached hydrogens (tertiary/aromatic N) is 1. The zero-order chi connectivity index (χ0) is 16.1. The molecule has 24 heavy (non-hydrogen) atoms. The van der Waals surface area contributed by atoms with Gasteiger partial charge in [-0.05, 0) is 62.6 Å². The van der Waals surface area contributed by atoms with E-state index in [1.165, 1.54) is 18.4 Å². The summed E-state index contributed by atoms with van der Waals surface area (Å²) < 4.78 is 0. The van der Waals surface area contributed by atoms with Crippen LogP contribution in [0.3, 0.4) is 0 Å². The van der Waals surface area contributed by atoms with Gasteiger partial charge < -0.3 is 10.2 Å². The highest BCUT2D eigenvalue weighted by Crippen LogP contribution is 2.27. The Morgan fingerprint density at radius 1 is 1.25 bits per heavy atom. The first-order valence-electron chi connectivity index (χ1n) is 9.28. The Balaban J connectivity index is 0.00000208. The fourth-order valence-electron chi connectivity index (χ4n) is 4.19. The molecule has 1 aromatic rings. The summed E-state index contributed by atoms with van der Waals surface area (Å²) in [5, 5.41) is 3.48. The predicted octanol–water partition coefficient (Wildman–Crippen LogP) is 3.67. The fraction of sp³-hybridized carbons (Fsp3) is 0.650. The van der Waals surface area contributed by atoms with Crippen molar-refractivity contribution < 1.29 is 4.79 Å². The Kier molecular flexibility index (Phi) is 7.57. The summed E-state index contributed by atoms with van der Waals surface area (Å²) in [6, 6.07) is 11.0. The van der Waals surface area contributed by atoms with Gasteiger partial charge in [-0.1, -0.05) is 37.3 Å². The normalized spacial score (nSPS) is 25.1. The molecule has 4 heteroatoms. The maximum Gasteiger partial charge on any atom is 0.223 e. The molecular formula is C20H31ClN2O. The number of likely N-dealkylation sites (tertiary alicyclic amines) is 1. The highest BCUT2D eigenvalue weighted by Gasteiger charge is 2.31. The van der Waals surface area contributed by atoms with Gasteiger partial charge >= 0.3 is 0 Å². The van der Waals surface area contributed by atoms with Crippen LogP contribution in [0.4, 0.5) is 0 Å². The van der Waals surface area contributed by atoms with Crippen LogP contribution in [0.15, 0.2) is 30.3 Å². The molecule has 0 aromatic heterocycles. The van der Waals surface area contributed by atoms with Gasteiger partial charge in [-0.25, -0.2) is 0 Å². The number of hydrogen-bond donors (Lipinski definition) is 1. The average Bonchev–Trinajstić information content (AvgIpc) is 3.05. The van der Waals surface area contributed by atoms with E-state index in [2.05, 4.69) is 47.5 Å². The smallest absolute Gasteiger partial charge is 0.223 e. The Hall–Kier alpha value is -1.06. The summed E-state index contributed by atoms with van der Waals surface area (Å²) in [5.74, 6) is 1.54. The van der Waals surface area contributed by atoms with Gasteiger partial charge in [0.25, 0.3) is 0 Å². The van der Waals surface area contributed by atoms with Gasteiger partial charge in [0.15, 0.2) is 0 Å². The van der Waals surface area contributed by atoms with Gasteiger partial charge in [-0.3, -0.25) is 4.79 Å². The van der Waals surface area contributed by atoms with Gasteiger partial charge in [0.05, 0.1) is 0 Å². The molecule has 1 aromatic carbocycles. The number of benzene rings is 1. The molecule has 0 spiro atoms. The summed E-state index contributed by atoms with van der Waals surface area (Å²) in [6.45, 7) is 5.44. The van der Waals surface area contributed by atoms with Crippen molar-refractivity contribution in [3.05, 3.63) is 35.9 Å². The number of halogens is 1. The predicted molar refractivity (Wildman–Crippen MR) is 102 cm³/mol. The minimum atomic E-state index is 0. The number of carbonyl (C=O) groups excluding carboxylic acids is 1. The lowest BCUT2D eigenvalue weighted by Gasteiger charge is -2.31. The SMILES string of the molecule is CC(CC(=O)N1CCCC1Cc1ccccc1)C1CCCNC1.Cl. The molecule has 1 amide bonds. The lowest BCUT2D eigenvalue weighted by Crippen LogP contribution is -2.40. The molecule has 0 aliphatic carbocycles. The lowest BCUT2D eigenvalue weighted by atomic mass is 9.85. The van der Waals surface area contributed by atoms with Crippen molar-refractivity contribution in [2.45, 2.75) is 51.5 Å². The van der Waals surface area contributed by atoms with Crippen molar-refractivity contribution in [2.24, 2.45) is 11.8 Å². The van der Waals surface area contributed by atoms with Crippen LogP contribution < -0.4 is 5.32 Å². The fourth-order valence-corrected chi connectivity index (χ4v) is 4.19. The molecule has 2 aliphatic rings. The van der Waals surface area contributed by atoms with Gasteiger partial charge in [0.1, 0.15) is 0 Å². The minimum absolute atomic E-state index is 0. The van der Waals surface area contributed by atoms with Gasteiger partial charge in [0, 0.05) is 19.0 Å². The molecule has 3 atom stereocenters. The minimum Gasteiger partial charge on any atom is -0.339 e. The molecule has 2 saturated heterocycles. The molecule has 3 unspecified atom stereocenters. The van der Waals surface area contributed by atoms with E-state index in [4.69, 9.17) is 0 Å². The maximum absolute atomic E-state index is 12.8. The van der Waals surface area contributed by atoms with E-state index in [0.29, 0.717) is 23.8 Å². The van der Waals surface area contributed by atoms with Crippen LogP contribution in [0, 0.1) is 11.8 Å². The van der Waals surface area contributed by atoms with Gasteiger partial charge in [-0.2, -0.15) is 0 Å². The third-order valence-corrected chi connectivity index (χ3v) is 5.65. The summed E-state index contributed by atoms with van der Waals surface area (Å²) in [4.78, 5) is 15.0. The van der Waals surface area contributed by atoms with E-state index in [0.717, 1.165) is 45.3 Å². The molecule has 2 fully saturated rings. The van der Waals surface area contributed by atoms with Crippen LogP contribution >= 0.6 is 12.4 Å². The van der Waals surface area contributed by atoms with E-state index in [-0.39, 0.29) is 12.4 Å². The zero-order valence-corrected chi connectivity index (χ0v) is 15.6. The number of carbonyl (C=O) groups is 1. The molecule has 3 rings (SSSR count). The number of hydrogen-bond acceptors (Lipinski definition) is 2. The van der Waals surface area contributed by atoms with Gasteiger partial charge in [0.2, 0.25) is 5.91 Å². The Morgan fingerprint density at radius 3 is 2.75 bits per heavy atom. The zero-order valence-electron chi connectivity index (χ0n) is 14.7. The molecule has 0 radical (unpaired) electrons. The number of nitrogens with one attached hydrogen (secondary N) is 1. The van der Waals surface area contributed by atoms with Crippen LogP contribution in [0.25, 0.3) is 0 Å². The first kappa shape index (κ1) is 19.3. The molecule has 3 nitrogen and oxygen atoms in total. The first-order valence-corrected chi connectivity index (χ1v) is 9.28. The molecule has 0 bridgehead atoms. The first-order chi connectivity index (χ1) is 11.2. The standard InChI is InChI=1S/C20H30N2O.ClH/c1-16(18-9-5-11-21-15-18)13-20(23)22-12-6-10-19(22)14-17-7-3-2-4-8-17;/h2-4,7-8,16,18-19,21H,5-6,9-15H2,1H3;1H. The number of piperidine rings is 1. The van der Waals surface area contributed by atoms with E-state index in [1.807, 2.05) is 0 Å². The van der Waals surface area contributed by atoms with Crippen molar-refractivity contribution in [3.8, 4) is 0 Å². The van der Waals surface area contributed by atoms with E-state index < -0.39 is 0 Å². The second-order valence-electron chi connectivity index (χ2n) is 7.36. The Bertz CT molecular complexity index is 502.